The molecule has 0 atom stereocenters. The molecule has 0 saturated heterocycles. The van der Waals surface area contributed by atoms with Gasteiger partial charge in [-0.25, -0.2) is 14.3 Å². The zero-order valence-electron chi connectivity index (χ0n) is 17.3. The Balaban J connectivity index is 1.97. The van der Waals surface area contributed by atoms with Gasteiger partial charge in [0.2, 0.25) is 0 Å². The maximum absolute atomic E-state index is 13.4. The van der Waals surface area contributed by atoms with Gasteiger partial charge in [-0.1, -0.05) is 55.2 Å². The molecular weight excluding hydrogens is 435 g/mol. The summed E-state index contributed by atoms with van der Waals surface area (Å²) in [6.45, 7) is 4.82. The van der Waals surface area contributed by atoms with Crippen molar-refractivity contribution in [3.05, 3.63) is 91.3 Å². The Kier molecular flexibility index (Phi) is 6.03. The van der Waals surface area contributed by atoms with Crippen LogP contribution in [0.5, 0.6) is 0 Å². The van der Waals surface area contributed by atoms with Crippen LogP contribution in [-0.4, -0.2) is 18.7 Å². The van der Waals surface area contributed by atoms with E-state index in [1.54, 1.807) is 41.2 Å². The van der Waals surface area contributed by atoms with Crippen LogP contribution in [0, 0.1) is 5.92 Å². The second kappa shape index (κ2) is 8.73. The molecule has 4 aromatic rings. The quantitative estimate of drug-likeness (QED) is 0.420. The average Bonchev–Trinajstić information content (AvgIpc) is 3.14. The molecule has 0 radical (unpaired) electrons. The molecule has 0 fully saturated rings. The summed E-state index contributed by atoms with van der Waals surface area (Å²) < 4.78 is 4.51. The minimum absolute atomic E-state index is 0.310. The van der Waals surface area contributed by atoms with Crippen LogP contribution < -0.4 is 11.2 Å². The molecule has 0 aliphatic carbocycles. The molecular formula is C23H22Cl2N4O2. The Morgan fingerprint density at radius 3 is 2.39 bits per heavy atom. The highest BCUT2D eigenvalue weighted by molar-refractivity contribution is 6.31. The van der Waals surface area contributed by atoms with Gasteiger partial charge in [0.15, 0.2) is 11.2 Å². The van der Waals surface area contributed by atoms with Crippen molar-refractivity contribution in [3.8, 4) is 5.69 Å². The van der Waals surface area contributed by atoms with Crippen molar-refractivity contribution in [1.29, 1.82) is 0 Å². The zero-order valence-corrected chi connectivity index (χ0v) is 18.8. The van der Waals surface area contributed by atoms with Crippen LogP contribution in [0.15, 0.2) is 64.4 Å². The van der Waals surface area contributed by atoms with Gasteiger partial charge in [0.05, 0.1) is 18.6 Å². The average molecular weight is 457 g/mol. The number of imidazole rings is 1. The van der Waals surface area contributed by atoms with Crippen LogP contribution in [0.25, 0.3) is 16.9 Å². The minimum Gasteiger partial charge on any atom is -0.320 e. The fraction of sp³-hybridized carbons (Fsp3) is 0.261. The van der Waals surface area contributed by atoms with E-state index in [2.05, 4.69) is 18.8 Å². The predicted octanol–water partition coefficient (Wildman–Crippen LogP) is 4.75. The molecule has 0 N–H and O–H groups in total. The standard InChI is InChI=1S/C23H22Cl2N4O2/c1-15(2)11-12-28-22(30)20-21(29(23(28)31)18-9-7-17(24)8-10-18)26-14-27(20)13-16-5-3-4-6-19(16)25/h3-10,14-15H,11-13H2,1-2H3. The molecule has 2 heterocycles. The van der Waals surface area contributed by atoms with Crippen LogP contribution in [0.1, 0.15) is 25.8 Å². The molecule has 0 bridgehead atoms. The van der Waals surface area contributed by atoms with E-state index in [0.717, 1.165) is 5.56 Å². The van der Waals surface area contributed by atoms with Crippen LogP contribution in [0.2, 0.25) is 10.0 Å². The number of fused-ring (bicyclic) bond motifs is 1. The fourth-order valence-corrected chi connectivity index (χ4v) is 3.84. The number of nitrogens with zero attached hydrogens (tertiary/aromatic N) is 4. The minimum atomic E-state index is -0.413. The molecule has 2 aromatic heterocycles. The first-order valence-electron chi connectivity index (χ1n) is 10.1. The first kappa shape index (κ1) is 21.4. The summed E-state index contributed by atoms with van der Waals surface area (Å²) in [6, 6.07) is 14.4. The molecule has 0 aliphatic heterocycles. The molecule has 0 unspecified atom stereocenters. The van der Waals surface area contributed by atoms with Crippen molar-refractivity contribution in [2.45, 2.75) is 33.4 Å². The number of halogens is 2. The zero-order chi connectivity index (χ0) is 22.1. The normalized spacial score (nSPS) is 11.5. The van der Waals surface area contributed by atoms with Crippen molar-refractivity contribution in [2.24, 2.45) is 5.92 Å². The maximum atomic E-state index is 13.4. The molecule has 0 saturated carbocycles. The van der Waals surface area contributed by atoms with Crippen molar-refractivity contribution in [2.75, 3.05) is 0 Å². The number of hydrogen-bond donors (Lipinski definition) is 0. The fourth-order valence-electron chi connectivity index (χ4n) is 3.52. The molecule has 0 spiro atoms. The topological polar surface area (TPSA) is 61.8 Å². The number of benzene rings is 2. The highest BCUT2D eigenvalue weighted by atomic mass is 35.5. The van der Waals surface area contributed by atoms with Gasteiger partial charge in [-0.05, 0) is 48.2 Å². The van der Waals surface area contributed by atoms with Gasteiger partial charge in [-0.3, -0.25) is 9.36 Å². The van der Waals surface area contributed by atoms with E-state index in [1.807, 2.05) is 18.2 Å². The van der Waals surface area contributed by atoms with Gasteiger partial charge in [-0.15, -0.1) is 0 Å². The first-order valence-corrected chi connectivity index (χ1v) is 10.8. The van der Waals surface area contributed by atoms with E-state index in [-0.39, 0.29) is 5.56 Å². The largest absolute Gasteiger partial charge is 0.337 e. The monoisotopic (exact) mass is 456 g/mol. The smallest absolute Gasteiger partial charge is 0.320 e. The van der Waals surface area contributed by atoms with Gasteiger partial charge in [0.1, 0.15) is 0 Å². The summed E-state index contributed by atoms with van der Waals surface area (Å²) >= 11 is 12.4. The molecule has 0 aliphatic rings. The Labute approximate surface area is 189 Å². The summed E-state index contributed by atoms with van der Waals surface area (Å²) in [5, 5.41) is 1.17. The van der Waals surface area contributed by atoms with E-state index < -0.39 is 5.69 Å². The predicted molar refractivity (Wildman–Crippen MR) is 125 cm³/mol. The van der Waals surface area contributed by atoms with Crippen LogP contribution in [0.4, 0.5) is 0 Å². The van der Waals surface area contributed by atoms with E-state index in [0.29, 0.717) is 52.3 Å². The second-order valence-corrected chi connectivity index (χ2v) is 8.71. The molecule has 8 heteroatoms. The Morgan fingerprint density at radius 1 is 1.00 bits per heavy atom. The van der Waals surface area contributed by atoms with Crippen molar-refractivity contribution < 1.29 is 0 Å². The van der Waals surface area contributed by atoms with Crippen LogP contribution in [0.3, 0.4) is 0 Å². The molecule has 0 amide bonds. The summed E-state index contributed by atoms with van der Waals surface area (Å²) in [6.07, 6.45) is 2.29. The number of aromatic nitrogens is 4. The Bertz CT molecular complexity index is 1350. The molecule has 31 heavy (non-hydrogen) atoms. The molecule has 4 rings (SSSR count). The summed E-state index contributed by atoms with van der Waals surface area (Å²) in [4.78, 5) is 31.2. The van der Waals surface area contributed by atoms with Gasteiger partial charge in [0, 0.05) is 16.6 Å². The van der Waals surface area contributed by atoms with Crippen molar-refractivity contribution in [3.63, 3.8) is 0 Å². The lowest BCUT2D eigenvalue weighted by atomic mass is 10.1. The Morgan fingerprint density at radius 2 is 1.71 bits per heavy atom. The SMILES string of the molecule is CC(C)CCn1c(=O)c2c(ncn2Cc2ccccc2Cl)n(-c2ccc(Cl)cc2)c1=O. The summed E-state index contributed by atoms with van der Waals surface area (Å²) in [5.41, 5.74) is 1.36. The van der Waals surface area contributed by atoms with E-state index in [1.165, 1.54) is 9.13 Å². The van der Waals surface area contributed by atoms with Gasteiger partial charge < -0.3 is 4.57 Å². The maximum Gasteiger partial charge on any atom is 0.337 e. The first-order chi connectivity index (χ1) is 14.9. The van der Waals surface area contributed by atoms with Gasteiger partial charge in [-0.2, -0.15) is 0 Å². The molecule has 6 nitrogen and oxygen atoms in total. The molecule has 160 valence electrons. The third-order valence-corrected chi connectivity index (χ3v) is 5.83. The lowest BCUT2D eigenvalue weighted by Gasteiger charge is -2.14. The highest BCUT2D eigenvalue weighted by Crippen LogP contribution is 2.20. The number of hydrogen-bond acceptors (Lipinski definition) is 3. The van der Waals surface area contributed by atoms with Crippen molar-refractivity contribution in [1.82, 2.24) is 18.7 Å². The lowest BCUT2D eigenvalue weighted by molar-refractivity contribution is 0.491. The van der Waals surface area contributed by atoms with Crippen LogP contribution in [-0.2, 0) is 13.1 Å². The second-order valence-electron chi connectivity index (χ2n) is 7.87. The third-order valence-electron chi connectivity index (χ3n) is 5.21. The highest BCUT2D eigenvalue weighted by Gasteiger charge is 2.20. The van der Waals surface area contributed by atoms with E-state index in [9.17, 15) is 9.59 Å². The van der Waals surface area contributed by atoms with E-state index in [4.69, 9.17) is 23.2 Å². The van der Waals surface area contributed by atoms with Crippen LogP contribution >= 0.6 is 23.2 Å². The van der Waals surface area contributed by atoms with E-state index >= 15 is 0 Å². The number of rotatable bonds is 6. The third kappa shape index (κ3) is 4.18. The lowest BCUT2D eigenvalue weighted by Crippen LogP contribution is -2.40. The van der Waals surface area contributed by atoms with Crippen molar-refractivity contribution >= 4 is 34.4 Å². The van der Waals surface area contributed by atoms with Gasteiger partial charge >= 0.3 is 5.69 Å². The molecule has 2 aromatic carbocycles. The summed E-state index contributed by atoms with van der Waals surface area (Å²) in [5.74, 6) is 0.346. The summed E-state index contributed by atoms with van der Waals surface area (Å²) in [7, 11) is 0. The van der Waals surface area contributed by atoms with Gasteiger partial charge in [0.25, 0.3) is 5.56 Å². The Hall–Kier alpha value is -2.83.